The molecule has 0 radical (unpaired) electrons. The van der Waals surface area contributed by atoms with Crippen molar-refractivity contribution in [3.05, 3.63) is 71.8 Å². The molecule has 4 nitrogen and oxygen atoms in total. The van der Waals surface area contributed by atoms with E-state index in [9.17, 15) is 0 Å². The van der Waals surface area contributed by atoms with Gasteiger partial charge >= 0.3 is 0 Å². The van der Waals surface area contributed by atoms with Gasteiger partial charge in [-0.3, -0.25) is 0 Å². The van der Waals surface area contributed by atoms with Crippen LogP contribution in [0.2, 0.25) is 0 Å². The number of hydrogen-bond donors (Lipinski definition) is 1. The van der Waals surface area contributed by atoms with Crippen molar-refractivity contribution < 1.29 is 14.2 Å². The van der Waals surface area contributed by atoms with Gasteiger partial charge in [0.1, 0.15) is 18.3 Å². The number of ether oxygens (including phenoxy) is 3. The first-order valence-electron chi connectivity index (χ1n) is 9.56. The van der Waals surface area contributed by atoms with Gasteiger partial charge < -0.3 is 19.5 Å². The van der Waals surface area contributed by atoms with Crippen LogP contribution in [-0.2, 0) is 27.2 Å². The molecule has 2 aliphatic heterocycles. The highest BCUT2D eigenvalue weighted by molar-refractivity contribution is 5.15. The first-order valence-corrected chi connectivity index (χ1v) is 9.56. The Hall–Kier alpha value is -1.72. The monoisotopic (exact) mass is 353 g/mol. The molecule has 0 saturated carbocycles. The average Bonchev–Trinajstić information content (AvgIpc) is 3.28. The van der Waals surface area contributed by atoms with Crippen LogP contribution in [0.5, 0.6) is 0 Å². The smallest absolute Gasteiger partial charge is 0.114 e. The Kier molecular flexibility index (Phi) is 5.97. The van der Waals surface area contributed by atoms with Crippen molar-refractivity contribution >= 4 is 0 Å². The molecular formula is C22H27NO3. The lowest BCUT2D eigenvalue weighted by Gasteiger charge is -2.18. The predicted molar refractivity (Wildman–Crippen MR) is 101 cm³/mol. The van der Waals surface area contributed by atoms with E-state index in [0.717, 1.165) is 19.4 Å². The van der Waals surface area contributed by atoms with Crippen molar-refractivity contribution in [3.8, 4) is 0 Å². The molecule has 0 bridgehead atoms. The molecule has 2 aromatic carbocycles. The number of benzene rings is 2. The van der Waals surface area contributed by atoms with Crippen LogP contribution in [-0.4, -0.2) is 44.1 Å². The second kappa shape index (κ2) is 8.78. The second-order valence-corrected chi connectivity index (χ2v) is 7.08. The quantitative estimate of drug-likeness (QED) is 0.741. The Morgan fingerprint density at radius 2 is 1.54 bits per heavy atom. The highest BCUT2D eigenvalue weighted by Gasteiger charge is 2.47. The van der Waals surface area contributed by atoms with Crippen LogP contribution >= 0.6 is 0 Å². The highest BCUT2D eigenvalue weighted by atomic mass is 16.6. The minimum atomic E-state index is 0.0244. The van der Waals surface area contributed by atoms with Crippen LogP contribution < -0.4 is 5.32 Å². The Labute approximate surface area is 155 Å². The highest BCUT2D eigenvalue weighted by Crippen LogP contribution is 2.29. The van der Waals surface area contributed by atoms with E-state index >= 15 is 0 Å². The van der Waals surface area contributed by atoms with E-state index in [1.54, 1.807) is 0 Å². The van der Waals surface area contributed by atoms with Gasteiger partial charge in [-0.2, -0.15) is 0 Å². The van der Waals surface area contributed by atoms with Gasteiger partial charge in [-0.15, -0.1) is 0 Å². The summed E-state index contributed by atoms with van der Waals surface area (Å²) in [6.07, 6.45) is 2.39. The number of nitrogens with one attached hydrogen (secondary N) is 1. The summed E-state index contributed by atoms with van der Waals surface area (Å²) in [5.41, 5.74) is 2.57. The Bertz CT molecular complexity index is 664. The van der Waals surface area contributed by atoms with Gasteiger partial charge in [0.2, 0.25) is 0 Å². The fourth-order valence-corrected chi connectivity index (χ4v) is 3.78. The number of hydrogen-bond acceptors (Lipinski definition) is 4. The van der Waals surface area contributed by atoms with Crippen LogP contribution in [0.15, 0.2) is 60.7 Å². The molecule has 0 spiro atoms. The van der Waals surface area contributed by atoms with Crippen molar-refractivity contribution in [2.75, 3.05) is 19.8 Å². The molecule has 0 aliphatic carbocycles. The summed E-state index contributed by atoms with van der Waals surface area (Å²) in [4.78, 5) is 0. The lowest BCUT2D eigenvalue weighted by Crippen LogP contribution is -2.41. The predicted octanol–water partition coefficient (Wildman–Crippen LogP) is 2.96. The van der Waals surface area contributed by atoms with E-state index in [0.29, 0.717) is 19.8 Å². The summed E-state index contributed by atoms with van der Waals surface area (Å²) in [5.74, 6) is 0. The van der Waals surface area contributed by atoms with Crippen molar-refractivity contribution in [3.63, 3.8) is 0 Å². The van der Waals surface area contributed by atoms with Crippen LogP contribution in [0.1, 0.15) is 17.5 Å². The van der Waals surface area contributed by atoms with Crippen LogP contribution in [0, 0.1) is 0 Å². The fraction of sp³-hybridized carbons (Fsp3) is 0.455. The van der Waals surface area contributed by atoms with Crippen LogP contribution in [0.25, 0.3) is 0 Å². The van der Waals surface area contributed by atoms with Gasteiger partial charge in [-0.1, -0.05) is 60.7 Å². The van der Waals surface area contributed by atoms with Gasteiger partial charge in [0, 0.05) is 0 Å². The third kappa shape index (κ3) is 4.33. The molecule has 2 aromatic rings. The topological polar surface area (TPSA) is 39.7 Å². The molecule has 138 valence electrons. The first-order chi connectivity index (χ1) is 12.9. The molecule has 0 unspecified atom stereocenters. The van der Waals surface area contributed by atoms with E-state index in [1.807, 2.05) is 18.2 Å². The Morgan fingerprint density at radius 3 is 2.31 bits per heavy atom. The van der Waals surface area contributed by atoms with E-state index in [4.69, 9.17) is 14.2 Å². The summed E-state index contributed by atoms with van der Waals surface area (Å²) in [6, 6.07) is 21.1. The van der Waals surface area contributed by atoms with E-state index in [2.05, 4.69) is 47.8 Å². The molecule has 2 fully saturated rings. The van der Waals surface area contributed by atoms with Crippen LogP contribution in [0.3, 0.4) is 0 Å². The van der Waals surface area contributed by atoms with E-state index in [-0.39, 0.29) is 24.4 Å². The average molecular weight is 353 g/mol. The lowest BCUT2D eigenvalue weighted by molar-refractivity contribution is -0.0393. The van der Waals surface area contributed by atoms with Gasteiger partial charge in [0.15, 0.2) is 0 Å². The first kappa shape index (κ1) is 17.7. The number of fused-ring (bicyclic) bond motifs is 1. The zero-order valence-electron chi connectivity index (χ0n) is 15.1. The maximum atomic E-state index is 6.06. The van der Waals surface area contributed by atoms with Gasteiger partial charge in [0.25, 0.3) is 0 Å². The molecule has 0 aromatic heterocycles. The molecule has 1 N–H and O–H groups in total. The van der Waals surface area contributed by atoms with Crippen molar-refractivity contribution in [2.45, 2.75) is 43.8 Å². The second-order valence-electron chi connectivity index (χ2n) is 7.08. The zero-order chi connectivity index (χ0) is 17.6. The van der Waals surface area contributed by atoms with Crippen molar-refractivity contribution in [1.29, 1.82) is 0 Å². The third-order valence-corrected chi connectivity index (χ3v) is 5.21. The molecule has 4 rings (SSSR count). The van der Waals surface area contributed by atoms with Crippen LogP contribution in [0.4, 0.5) is 0 Å². The molecule has 26 heavy (non-hydrogen) atoms. The molecule has 2 saturated heterocycles. The van der Waals surface area contributed by atoms with Gasteiger partial charge in [-0.25, -0.2) is 0 Å². The Balaban J connectivity index is 1.19. The van der Waals surface area contributed by atoms with Crippen molar-refractivity contribution in [1.82, 2.24) is 5.32 Å². The third-order valence-electron chi connectivity index (χ3n) is 5.21. The fourth-order valence-electron chi connectivity index (χ4n) is 3.78. The van der Waals surface area contributed by atoms with E-state index in [1.165, 1.54) is 11.1 Å². The maximum Gasteiger partial charge on any atom is 0.114 e. The summed E-state index contributed by atoms with van der Waals surface area (Å²) in [6.45, 7) is 2.90. The molecule has 2 aliphatic rings. The van der Waals surface area contributed by atoms with E-state index < -0.39 is 0 Å². The van der Waals surface area contributed by atoms with Gasteiger partial charge in [0.05, 0.1) is 25.9 Å². The molecule has 4 atom stereocenters. The summed E-state index contributed by atoms with van der Waals surface area (Å²) in [7, 11) is 0. The summed E-state index contributed by atoms with van der Waals surface area (Å²) >= 11 is 0. The zero-order valence-corrected chi connectivity index (χ0v) is 15.1. The summed E-state index contributed by atoms with van der Waals surface area (Å²) < 4.78 is 18.0. The summed E-state index contributed by atoms with van der Waals surface area (Å²) in [5, 5.41) is 3.61. The minimum absolute atomic E-state index is 0.0244. The maximum absolute atomic E-state index is 6.06. The molecule has 2 heterocycles. The minimum Gasteiger partial charge on any atom is -0.371 e. The van der Waals surface area contributed by atoms with Crippen molar-refractivity contribution in [2.24, 2.45) is 0 Å². The number of rotatable bonds is 8. The molecular weight excluding hydrogens is 326 g/mol. The SMILES string of the molecule is c1ccc(CCCN[C@H]2CO[C@H]3[C@@H]2OC[C@H]3OCc2ccccc2)cc1. The normalized spacial score (nSPS) is 27.5. The molecule has 0 amide bonds. The number of aryl methyl sites for hydroxylation is 1. The largest absolute Gasteiger partial charge is 0.371 e. The Morgan fingerprint density at radius 1 is 0.846 bits per heavy atom. The lowest BCUT2D eigenvalue weighted by atomic mass is 10.1. The van der Waals surface area contributed by atoms with Gasteiger partial charge in [-0.05, 0) is 30.5 Å². The molecule has 4 heteroatoms. The standard InChI is InChI=1S/C22H27NO3/c1-3-8-17(9-4-1)12-7-13-23-19-15-25-22-20(16-26-21(19)22)24-14-18-10-5-2-6-11-18/h1-6,8-11,19-23H,7,12-16H2/t19-,20+,21+,22+/m0/s1.